The monoisotopic (exact) mass is 418 g/mol. The predicted molar refractivity (Wildman–Crippen MR) is 119 cm³/mol. The first-order valence-electron chi connectivity index (χ1n) is 8.81. The summed E-state index contributed by atoms with van der Waals surface area (Å²) in [6, 6.07) is 29.1. The van der Waals surface area contributed by atoms with Crippen molar-refractivity contribution in [1.82, 2.24) is 0 Å². The van der Waals surface area contributed by atoms with Gasteiger partial charge >= 0.3 is 0 Å². The molecule has 4 aromatic rings. The molecule has 4 rings (SSSR count). The van der Waals surface area contributed by atoms with Gasteiger partial charge in [0, 0.05) is 26.7 Å². The Morgan fingerprint density at radius 2 is 1.26 bits per heavy atom. The van der Waals surface area contributed by atoms with Crippen LogP contribution in [0, 0.1) is 0 Å². The molecule has 27 heavy (non-hydrogen) atoms. The lowest BCUT2D eigenvalue weighted by Crippen LogP contribution is -1.88. The molecule has 1 heterocycles. The van der Waals surface area contributed by atoms with Gasteiger partial charge in [0.05, 0.1) is 0 Å². The second kappa shape index (κ2) is 8.41. The lowest BCUT2D eigenvalue weighted by molar-refractivity contribution is 0.595. The van der Waals surface area contributed by atoms with Crippen LogP contribution >= 0.6 is 15.9 Å². The standard InChI is InChI=1S/C24H19BrO.CH4/c1-2-19-22(17-11-5-3-6-12-17)23(18-13-7-4-8-14-18)26-24(19)20-15-9-10-16-21(20)25;/h3-16H,2H2,1H3;1H4. The van der Waals surface area contributed by atoms with Gasteiger partial charge in [-0.05, 0) is 18.1 Å². The zero-order valence-electron chi connectivity index (χ0n) is 14.6. The SMILES string of the molecule is C.CCc1c(-c2ccccc2Br)oc(-c2ccccc2)c1-c1ccccc1. The molecule has 136 valence electrons. The highest BCUT2D eigenvalue weighted by Crippen LogP contribution is 2.44. The lowest BCUT2D eigenvalue weighted by atomic mass is 9.94. The number of benzene rings is 3. The molecule has 1 nitrogen and oxygen atoms in total. The third-order valence-electron chi connectivity index (χ3n) is 4.58. The lowest BCUT2D eigenvalue weighted by Gasteiger charge is -2.06. The summed E-state index contributed by atoms with van der Waals surface area (Å²) in [7, 11) is 0. The van der Waals surface area contributed by atoms with Crippen LogP contribution in [0.25, 0.3) is 33.8 Å². The van der Waals surface area contributed by atoms with E-state index in [2.05, 4.69) is 83.5 Å². The number of hydrogen-bond donors (Lipinski definition) is 0. The molecule has 0 aliphatic heterocycles. The maximum Gasteiger partial charge on any atom is 0.142 e. The van der Waals surface area contributed by atoms with Crippen molar-refractivity contribution in [3.05, 3.63) is 95.0 Å². The second-order valence-electron chi connectivity index (χ2n) is 6.18. The molecule has 0 N–H and O–H groups in total. The Labute approximate surface area is 169 Å². The smallest absolute Gasteiger partial charge is 0.142 e. The molecule has 3 aromatic carbocycles. The Balaban J connectivity index is 0.00000210. The first kappa shape index (κ1) is 19.2. The van der Waals surface area contributed by atoms with Gasteiger partial charge < -0.3 is 4.42 Å². The van der Waals surface area contributed by atoms with E-state index in [-0.39, 0.29) is 7.43 Å². The summed E-state index contributed by atoms with van der Waals surface area (Å²) in [5.41, 5.74) is 5.79. The van der Waals surface area contributed by atoms with Gasteiger partial charge in [0.15, 0.2) is 0 Å². The van der Waals surface area contributed by atoms with Crippen molar-refractivity contribution in [1.29, 1.82) is 0 Å². The van der Waals surface area contributed by atoms with E-state index in [4.69, 9.17) is 4.42 Å². The fourth-order valence-electron chi connectivity index (χ4n) is 3.37. The summed E-state index contributed by atoms with van der Waals surface area (Å²) in [6.45, 7) is 2.19. The molecule has 0 radical (unpaired) electrons. The molecule has 0 bridgehead atoms. The summed E-state index contributed by atoms with van der Waals surface area (Å²) >= 11 is 3.68. The summed E-state index contributed by atoms with van der Waals surface area (Å²) in [5, 5.41) is 0. The van der Waals surface area contributed by atoms with Crippen molar-refractivity contribution < 1.29 is 4.42 Å². The highest BCUT2D eigenvalue weighted by molar-refractivity contribution is 9.10. The summed E-state index contributed by atoms with van der Waals surface area (Å²) in [6.07, 6.45) is 0.900. The molecule has 0 fully saturated rings. The minimum Gasteiger partial charge on any atom is -0.455 e. The van der Waals surface area contributed by atoms with Crippen LogP contribution in [-0.4, -0.2) is 0 Å². The molecule has 0 aliphatic rings. The van der Waals surface area contributed by atoms with Gasteiger partial charge in [-0.15, -0.1) is 0 Å². The van der Waals surface area contributed by atoms with Gasteiger partial charge in [-0.1, -0.05) is 109 Å². The van der Waals surface area contributed by atoms with Crippen LogP contribution in [-0.2, 0) is 6.42 Å². The second-order valence-corrected chi connectivity index (χ2v) is 7.03. The van der Waals surface area contributed by atoms with Crippen molar-refractivity contribution in [2.75, 3.05) is 0 Å². The molecular formula is C25H23BrO. The zero-order chi connectivity index (χ0) is 17.9. The molecule has 0 saturated heterocycles. The van der Waals surface area contributed by atoms with Crippen LogP contribution in [0.4, 0.5) is 0 Å². The Kier molecular flexibility index (Phi) is 5.98. The van der Waals surface area contributed by atoms with Crippen molar-refractivity contribution in [2.24, 2.45) is 0 Å². The van der Waals surface area contributed by atoms with E-state index in [1.165, 1.54) is 16.7 Å². The van der Waals surface area contributed by atoms with Crippen LogP contribution in [0.15, 0.2) is 93.8 Å². The fourth-order valence-corrected chi connectivity index (χ4v) is 3.83. The number of rotatable bonds is 4. The molecule has 1 aromatic heterocycles. The quantitative estimate of drug-likeness (QED) is 0.325. The molecular weight excluding hydrogens is 396 g/mol. The third kappa shape index (κ3) is 3.63. The Bertz CT molecular complexity index is 1020. The van der Waals surface area contributed by atoms with Crippen LogP contribution in [0.5, 0.6) is 0 Å². The highest BCUT2D eigenvalue weighted by Gasteiger charge is 2.23. The zero-order valence-corrected chi connectivity index (χ0v) is 16.2. The Hall–Kier alpha value is -2.58. The maximum atomic E-state index is 6.51. The number of furan rings is 1. The Morgan fingerprint density at radius 3 is 1.85 bits per heavy atom. The van der Waals surface area contributed by atoms with Crippen LogP contribution in [0.3, 0.4) is 0 Å². The minimum atomic E-state index is 0. The maximum absolute atomic E-state index is 6.51. The summed E-state index contributed by atoms with van der Waals surface area (Å²) in [4.78, 5) is 0. The predicted octanol–water partition coefficient (Wildman–Crippen LogP) is 8.24. The van der Waals surface area contributed by atoms with E-state index >= 15 is 0 Å². The normalized spacial score (nSPS) is 10.4. The van der Waals surface area contributed by atoms with Crippen molar-refractivity contribution in [2.45, 2.75) is 20.8 Å². The molecule has 0 atom stereocenters. The topological polar surface area (TPSA) is 13.1 Å². The Morgan fingerprint density at radius 1 is 0.704 bits per heavy atom. The van der Waals surface area contributed by atoms with Gasteiger partial charge in [0.2, 0.25) is 0 Å². The van der Waals surface area contributed by atoms with Crippen LogP contribution in [0.2, 0.25) is 0 Å². The number of hydrogen-bond acceptors (Lipinski definition) is 1. The minimum absolute atomic E-state index is 0. The van der Waals surface area contributed by atoms with Gasteiger partial charge in [0.1, 0.15) is 11.5 Å². The van der Waals surface area contributed by atoms with Crippen LogP contribution < -0.4 is 0 Å². The van der Waals surface area contributed by atoms with Crippen molar-refractivity contribution >= 4 is 15.9 Å². The molecule has 0 aliphatic carbocycles. The van der Waals surface area contributed by atoms with Gasteiger partial charge in [-0.2, -0.15) is 0 Å². The van der Waals surface area contributed by atoms with E-state index < -0.39 is 0 Å². The van der Waals surface area contributed by atoms with Gasteiger partial charge in [-0.25, -0.2) is 0 Å². The van der Waals surface area contributed by atoms with E-state index in [1.807, 2.05) is 24.3 Å². The molecule has 0 saturated carbocycles. The molecule has 0 spiro atoms. The van der Waals surface area contributed by atoms with E-state index in [0.717, 1.165) is 33.5 Å². The average molecular weight is 419 g/mol. The van der Waals surface area contributed by atoms with Crippen molar-refractivity contribution in [3.63, 3.8) is 0 Å². The molecule has 0 unspecified atom stereocenters. The van der Waals surface area contributed by atoms with E-state index in [0.29, 0.717) is 0 Å². The highest BCUT2D eigenvalue weighted by atomic mass is 79.9. The largest absolute Gasteiger partial charge is 0.455 e. The van der Waals surface area contributed by atoms with Gasteiger partial charge in [0.25, 0.3) is 0 Å². The number of halogens is 1. The molecule has 0 amide bonds. The summed E-state index contributed by atoms with van der Waals surface area (Å²) in [5.74, 6) is 1.87. The summed E-state index contributed by atoms with van der Waals surface area (Å²) < 4.78 is 7.56. The third-order valence-corrected chi connectivity index (χ3v) is 5.27. The first-order chi connectivity index (χ1) is 12.8. The fraction of sp³-hybridized carbons (Fsp3) is 0.120. The average Bonchev–Trinajstić information content (AvgIpc) is 3.09. The van der Waals surface area contributed by atoms with Gasteiger partial charge in [-0.3, -0.25) is 0 Å². The molecule has 2 heteroatoms. The van der Waals surface area contributed by atoms with E-state index in [9.17, 15) is 0 Å². The van der Waals surface area contributed by atoms with E-state index in [1.54, 1.807) is 0 Å². The van der Waals surface area contributed by atoms with Crippen molar-refractivity contribution in [3.8, 4) is 33.8 Å². The van der Waals surface area contributed by atoms with Crippen LogP contribution in [0.1, 0.15) is 19.9 Å². The first-order valence-corrected chi connectivity index (χ1v) is 9.60.